The number of hydrogen-bond acceptors (Lipinski definition) is 5. The van der Waals surface area contributed by atoms with E-state index in [-0.39, 0.29) is 29.3 Å². The molecule has 1 aromatic carbocycles. The summed E-state index contributed by atoms with van der Waals surface area (Å²) in [6.07, 6.45) is 2.06. The van der Waals surface area contributed by atoms with Gasteiger partial charge in [-0.2, -0.15) is 4.98 Å². The number of aromatic amines is 1. The maximum Gasteiger partial charge on any atom is 0.258 e. The van der Waals surface area contributed by atoms with Crippen LogP contribution in [0.25, 0.3) is 0 Å². The lowest BCUT2D eigenvalue weighted by Crippen LogP contribution is -2.40. The summed E-state index contributed by atoms with van der Waals surface area (Å²) in [7, 11) is 0. The number of carbonyl (C=O) groups excluding carboxylic acids is 2. The van der Waals surface area contributed by atoms with Crippen molar-refractivity contribution in [2.75, 3.05) is 28.6 Å². The van der Waals surface area contributed by atoms with Crippen LogP contribution in [0.5, 0.6) is 0 Å². The van der Waals surface area contributed by atoms with E-state index < -0.39 is 11.8 Å². The number of rotatable bonds is 3. The molecule has 1 fully saturated rings. The summed E-state index contributed by atoms with van der Waals surface area (Å²) in [4.78, 5) is 47.3. The van der Waals surface area contributed by atoms with E-state index in [1.165, 1.54) is 0 Å². The molecule has 2 aromatic rings. The highest BCUT2D eigenvalue weighted by Crippen LogP contribution is 2.31. The second-order valence-corrected chi connectivity index (χ2v) is 8.56. The van der Waals surface area contributed by atoms with Gasteiger partial charge in [-0.1, -0.05) is 22.9 Å². The summed E-state index contributed by atoms with van der Waals surface area (Å²) in [6, 6.07) is 7.10. The summed E-state index contributed by atoms with van der Waals surface area (Å²) in [5, 5.41) is 5.45. The average molecular weight is 460 g/mol. The second kappa shape index (κ2) is 7.98. The number of fused-ring (bicyclic) bond motifs is 1. The lowest BCUT2D eigenvalue weighted by atomic mass is 9.92. The fraction of sp³-hybridized carbons (Fsp3) is 0.400. The van der Waals surface area contributed by atoms with Crippen molar-refractivity contribution >= 4 is 45.2 Å². The molecule has 0 aliphatic carbocycles. The van der Waals surface area contributed by atoms with E-state index in [1.54, 1.807) is 24.3 Å². The van der Waals surface area contributed by atoms with Crippen LogP contribution < -0.4 is 21.1 Å². The summed E-state index contributed by atoms with van der Waals surface area (Å²) in [5.74, 6) is -0.513. The van der Waals surface area contributed by atoms with Crippen molar-refractivity contribution in [3.63, 3.8) is 0 Å². The predicted octanol–water partition coefficient (Wildman–Crippen LogP) is 2.83. The third kappa shape index (κ3) is 4.19. The number of hydrogen-bond donors (Lipinski definition) is 3. The van der Waals surface area contributed by atoms with Crippen LogP contribution in [0, 0.1) is 5.92 Å². The third-order valence-corrected chi connectivity index (χ3v) is 5.85. The van der Waals surface area contributed by atoms with Crippen LogP contribution in [0.4, 0.5) is 17.5 Å². The first-order valence-corrected chi connectivity index (χ1v) is 10.5. The molecule has 3 N–H and O–H groups in total. The molecule has 0 unspecified atom stereocenters. The normalized spacial score (nSPS) is 21.3. The summed E-state index contributed by atoms with van der Waals surface area (Å²) < 4.78 is 0.887. The van der Waals surface area contributed by atoms with E-state index in [4.69, 9.17) is 0 Å². The maximum atomic E-state index is 12.9. The molecule has 0 saturated carbocycles. The van der Waals surface area contributed by atoms with Crippen LogP contribution in [0.15, 0.2) is 33.5 Å². The highest BCUT2D eigenvalue weighted by molar-refractivity contribution is 9.10. The number of nitrogens with one attached hydrogen (secondary N) is 3. The molecule has 1 saturated heterocycles. The number of halogens is 1. The number of aromatic nitrogens is 2. The van der Waals surface area contributed by atoms with E-state index >= 15 is 0 Å². The Morgan fingerprint density at radius 3 is 2.76 bits per heavy atom. The smallest absolute Gasteiger partial charge is 0.258 e. The molecule has 9 heteroatoms. The van der Waals surface area contributed by atoms with Gasteiger partial charge in [-0.3, -0.25) is 19.4 Å². The van der Waals surface area contributed by atoms with Gasteiger partial charge < -0.3 is 15.5 Å². The lowest BCUT2D eigenvalue weighted by Gasteiger charge is -2.32. The standard InChI is InChI=1S/C20H22BrN5O3/c1-11-3-2-8-26(10-11)20-24-17-16(19(29)25-20)14(9-15(27)23-17)18(28)22-13-6-4-12(21)5-7-13/h4-7,11,14H,2-3,8-10H2,1H3,(H,22,28)(H2,23,24,25,27,29)/t11-,14+/m0/s1. The molecule has 2 aliphatic heterocycles. The lowest BCUT2D eigenvalue weighted by molar-refractivity contribution is -0.123. The number of amides is 2. The Morgan fingerprint density at radius 2 is 2.03 bits per heavy atom. The van der Waals surface area contributed by atoms with Crippen molar-refractivity contribution in [1.29, 1.82) is 0 Å². The minimum absolute atomic E-state index is 0.0970. The molecule has 0 spiro atoms. The number of anilines is 3. The van der Waals surface area contributed by atoms with Gasteiger partial charge >= 0.3 is 0 Å². The van der Waals surface area contributed by atoms with Gasteiger partial charge in [0.05, 0.1) is 11.5 Å². The van der Waals surface area contributed by atoms with Gasteiger partial charge in [-0.15, -0.1) is 0 Å². The van der Waals surface area contributed by atoms with Crippen LogP contribution >= 0.6 is 15.9 Å². The van der Waals surface area contributed by atoms with Gasteiger partial charge in [0, 0.05) is 29.7 Å². The van der Waals surface area contributed by atoms with Gasteiger partial charge in [-0.05, 0) is 43.0 Å². The van der Waals surface area contributed by atoms with Gasteiger partial charge in [0.15, 0.2) is 0 Å². The summed E-state index contributed by atoms with van der Waals surface area (Å²) in [6.45, 7) is 3.75. The van der Waals surface area contributed by atoms with Crippen LogP contribution in [0.1, 0.15) is 37.7 Å². The fourth-order valence-corrected chi connectivity index (χ4v) is 4.14. The molecule has 4 rings (SSSR count). The van der Waals surface area contributed by atoms with E-state index in [1.807, 2.05) is 4.90 Å². The SMILES string of the molecule is C[C@H]1CCCN(c2nc3c(c(=O)[nH]2)[C@H](C(=O)Nc2ccc(Br)cc2)CC(=O)N3)C1. The minimum atomic E-state index is -0.895. The van der Waals surface area contributed by atoms with Gasteiger partial charge in [-0.25, -0.2) is 0 Å². The third-order valence-electron chi connectivity index (χ3n) is 5.32. The number of nitrogens with zero attached hydrogens (tertiary/aromatic N) is 2. The van der Waals surface area contributed by atoms with Crippen LogP contribution in [0.3, 0.4) is 0 Å². The number of piperidine rings is 1. The van der Waals surface area contributed by atoms with Crippen molar-refractivity contribution < 1.29 is 9.59 Å². The van der Waals surface area contributed by atoms with Crippen molar-refractivity contribution in [3.05, 3.63) is 44.7 Å². The molecular weight excluding hydrogens is 438 g/mol. The molecule has 1 aromatic heterocycles. The molecular formula is C20H22BrN5O3. The topological polar surface area (TPSA) is 107 Å². The predicted molar refractivity (Wildman–Crippen MR) is 114 cm³/mol. The van der Waals surface area contributed by atoms with Crippen molar-refractivity contribution in [1.82, 2.24) is 9.97 Å². The van der Waals surface area contributed by atoms with Gasteiger partial charge in [0.2, 0.25) is 17.8 Å². The van der Waals surface area contributed by atoms with Crippen molar-refractivity contribution in [2.45, 2.75) is 32.1 Å². The quantitative estimate of drug-likeness (QED) is 0.653. The van der Waals surface area contributed by atoms with Gasteiger partial charge in [0.1, 0.15) is 5.82 Å². The fourth-order valence-electron chi connectivity index (χ4n) is 3.88. The zero-order valence-electron chi connectivity index (χ0n) is 16.0. The minimum Gasteiger partial charge on any atom is -0.342 e. The molecule has 152 valence electrons. The first kappa shape index (κ1) is 19.6. The molecule has 29 heavy (non-hydrogen) atoms. The Kier molecular flexibility index (Phi) is 5.40. The summed E-state index contributed by atoms with van der Waals surface area (Å²) in [5.41, 5.74) is 0.404. The highest BCUT2D eigenvalue weighted by atomic mass is 79.9. The number of carbonyl (C=O) groups is 2. The van der Waals surface area contributed by atoms with Crippen LogP contribution in [0.2, 0.25) is 0 Å². The first-order valence-electron chi connectivity index (χ1n) is 9.66. The Labute approximate surface area is 176 Å². The van der Waals surface area contributed by atoms with Crippen LogP contribution in [-0.4, -0.2) is 34.9 Å². The largest absolute Gasteiger partial charge is 0.342 e. The summed E-state index contributed by atoms with van der Waals surface area (Å²) >= 11 is 3.35. The zero-order chi connectivity index (χ0) is 20.5. The highest BCUT2D eigenvalue weighted by Gasteiger charge is 2.35. The molecule has 2 atom stereocenters. The number of benzene rings is 1. The Morgan fingerprint density at radius 1 is 1.28 bits per heavy atom. The first-order chi connectivity index (χ1) is 13.9. The van der Waals surface area contributed by atoms with E-state index in [2.05, 4.69) is 43.5 Å². The molecule has 2 aliphatic rings. The second-order valence-electron chi connectivity index (χ2n) is 7.65. The Balaban J connectivity index is 1.63. The van der Waals surface area contributed by atoms with Crippen molar-refractivity contribution in [2.24, 2.45) is 5.92 Å². The van der Waals surface area contributed by atoms with Crippen LogP contribution in [-0.2, 0) is 9.59 Å². The molecule has 3 heterocycles. The number of H-pyrrole nitrogens is 1. The van der Waals surface area contributed by atoms with E-state index in [0.717, 1.165) is 30.4 Å². The Hall–Kier alpha value is -2.68. The molecule has 0 radical (unpaired) electrons. The van der Waals surface area contributed by atoms with Crippen molar-refractivity contribution in [3.8, 4) is 0 Å². The zero-order valence-corrected chi connectivity index (χ0v) is 17.6. The average Bonchev–Trinajstić information content (AvgIpc) is 2.68. The molecule has 2 amide bonds. The molecule has 8 nitrogen and oxygen atoms in total. The monoisotopic (exact) mass is 459 g/mol. The van der Waals surface area contributed by atoms with E-state index in [0.29, 0.717) is 17.6 Å². The Bertz CT molecular complexity index is 1000. The van der Waals surface area contributed by atoms with E-state index in [9.17, 15) is 14.4 Å². The van der Waals surface area contributed by atoms with Gasteiger partial charge in [0.25, 0.3) is 5.56 Å². The maximum absolute atomic E-state index is 12.9. The molecule has 0 bridgehead atoms.